The van der Waals surface area contributed by atoms with Gasteiger partial charge in [0.15, 0.2) is 0 Å². The predicted octanol–water partition coefficient (Wildman–Crippen LogP) is 4.80. The van der Waals surface area contributed by atoms with Gasteiger partial charge in [-0.25, -0.2) is 0 Å². The monoisotopic (exact) mass is 286 g/mol. The molecule has 116 valence electrons. The molecule has 2 nitrogen and oxygen atoms in total. The molecule has 1 N–H and O–H groups in total. The minimum absolute atomic E-state index is 0.526. The Labute approximate surface area is 129 Å². The molecule has 0 spiro atoms. The van der Waals surface area contributed by atoms with E-state index in [4.69, 9.17) is 0 Å². The molecule has 1 heterocycles. The van der Waals surface area contributed by atoms with Crippen LogP contribution in [0.25, 0.3) is 10.9 Å². The summed E-state index contributed by atoms with van der Waals surface area (Å²) in [6.45, 7) is 15.6. The molecule has 0 saturated carbocycles. The molecular weight excluding hydrogens is 256 g/mol. The second-order valence-corrected chi connectivity index (χ2v) is 6.72. The molecular formula is C19H30N2. The summed E-state index contributed by atoms with van der Waals surface area (Å²) in [6.07, 6.45) is 1.23. The first-order chi connectivity index (χ1) is 9.93. The summed E-state index contributed by atoms with van der Waals surface area (Å²) in [4.78, 5) is 0. The standard InChI is InChI=1S/C19H30N2/c1-7-14(4)12-21-16(6)15(5)18-10-17(8-9-19(18)21)11-20-13(2)3/h8-10,13-14,20H,7,11-12H2,1-6H3. The van der Waals surface area contributed by atoms with Crippen LogP contribution in [0.1, 0.15) is 50.9 Å². The molecule has 0 bridgehead atoms. The zero-order chi connectivity index (χ0) is 15.6. The second-order valence-electron chi connectivity index (χ2n) is 6.72. The molecule has 2 rings (SSSR count). The number of hydrogen-bond donors (Lipinski definition) is 1. The fourth-order valence-electron chi connectivity index (χ4n) is 2.80. The van der Waals surface area contributed by atoms with Crippen molar-refractivity contribution in [2.24, 2.45) is 5.92 Å². The lowest BCUT2D eigenvalue weighted by atomic mass is 10.1. The van der Waals surface area contributed by atoms with Crippen molar-refractivity contribution in [1.82, 2.24) is 9.88 Å². The molecule has 0 aliphatic carbocycles. The third-order valence-corrected chi connectivity index (χ3v) is 4.61. The minimum Gasteiger partial charge on any atom is -0.344 e. The van der Waals surface area contributed by atoms with Crippen molar-refractivity contribution in [3.8, 4) is 0 Å². The van der Waals surface area contributed by atoms with Crippen molar-refractivity contribution in [3.63, 3.8) is 0 Å². The third-order valence-electron chi connectivity index (χ3n) is 4.61. The Morgan fingerprint density at radius 2 is 1.86 bits per heavy atom. The largest absolute Gasteiger partial charge is 0.344 e. The highest BCUT2D eigenvalue weighted by molar-refractivity contribution is 5.86. The number of aromatic nitrogens is 1. The van der Waals surface area contributed by atoms with E-state index in [1.807, 2.05) is 0 Å². The first-order valence-corrected chi connectivity index (χ1v) is 8.25. The minimum atomic E-state index is 0.526. The SMILES string of the molecule is CCC(C)Cn1c(C)c(C)c2cc(CNC(C)C)ccc21. The average Bonchev–Trinajstić information content (AvgIpc) is 2.70. The van der Waals surface area contributed by atoms with E-state index in [2.05, 4.69) is 69.6 Å². The van der Waals surface area contributed by atoms with Crippen LogP contribution in [-0.2, 0) is 13.1 Å². The predicted molar refractivity (Wildman–Crippen MR) is 92.8 cm³/mol. The Bertz CT molecular complexity index is 608. The Morgan fingerprint density at radius 3 is 2.48 bits per heavy atom. The van der Waals surface area contributed by atoms with Crippen LogP contribution in [0.15, 0.2) is 18.2 Å². The summed E-state index contributed by atoms with van der Waals surface area (Å²) in [6, 6.07) is 7.46. The third kappa shape index (κ3) is 3.49. The lowest BCUT2D eigenvalue weighted by Gasteiger charge is -2.14. The molecule has 21 heavy (non-hydrogen) atoms. The van der Waals surface area contributed by atoms with Crippen molar-refractivity contribution >= 4 is 10.9 Å². The number of aryl methyl sites for hydroxylation is 1. The van der Waals surface area contributed by atoms with Crippen molar-refractivity contribution in [2.45, 2.75) is 67.1 Å². The van der Waals surface area contributed by atoms with E-state index < -0.39 is 0 Å². The molecule has 1 unspecified atom stereocenters. The maximum Gasteiger partial charge on any atom is 0.0485 e. The fraction of sp³-hybridized carbons (Fsp3) is 0.579. The summed E-state index contributed by atoms with van der Waals surface area (Å²) in [5.74, 6) is 0.723. The first-order valence-electron chi connectivity index (χ1n) is 8.25. The molecule has 0 aliphatic heterocycles. The lowest BCUT2D eigenvalue weighted by Crippen LogP contribution is -2.21. The van der Waals surface area contributed by atoms with Gasteiger partial charge >= 0.3 is 0 Å². The molecule has 0 radical (unpaired) electrons. The summed E-state index contributed by atoms with van der Waals surface area (Å²) in [5, 5.41) is 4.92. The average molecular weight is 286 g/mol. The van der Waals surface area contributed by atoms with E-state index in [9.17, 15) is 0 Å². The smallest absolute Gasteiger partial charge is 0.0485 e. The van der Waals surface area contributed by atoms with Gasteiger partial charge in [-0.2, -0.15) is 0 Å². The van der Waals surface area contributed by atoms with Crippen LogP contribution in [0.5, 0.6) is 0 Å². The number of nitrogens with one attached hydrogen (secondary N) is 1. The zero-order valence-electron chi connectivity index (χ0n) is 14.5. The van der Waals surface area contributed by atoms with Gasteiger partial charge in [0.05, 0.1) is 0 Å². The van der Waals surface area contributed by atoms with Crippen LogP contribution in [0, 0.1) is 19.8 Å². The molecule has 0 fully saturated rings. The van der Waals surface area contributed by atoms with E-state index in [1.54, 1.807) is 0 Å². The number of benzene rings is 1. The maximum atomic E-state index is 3.50. The van der Waals surface area contributed by atoms with Gasteiger partial charge in [0.25, 0.3) is 0 Å². The normalized spacial score (nSPS) is 13.3. The highest BCUT2D eigenvalue weighted by atomic mass is 15.0. The van der Waals surface area contributed by atoms with Gasteiger partial charge in [0.2, 0.25) is 0 Å². The van der Waals surface area contributed by atoms with E-state index >= 15 is 0 Å². The Kier molecular flexibility index (Phi) is 5.10. The van der Waals surface area contributed by atoms with Gasteiger partial charge in [0, 0.05) is 35.7 Å². The Hall–Kier alpha value is -1.28. The van der Waals surface area contributed by atoms with Crippen LogP contribution >= 0.6 is 0 Å². The topological polar surface area (TPSA) is 17.0 Å². The van der Waals surface area contributed by atoms with Crippen LogP contribution in [0.2, 0.25) is 0 Å². The van der Waals surface area contributed by atoms with E-state index in [-0.39, 0.29) is 0 Å². The number of nitrogens with zero attached hydrogens (tertiary/aromatic N) is 1. The van der Waals surface area contributed by atoms with Crippen LogP contribution < -0.4 is 5.32 Å². The summed E-state index contributed by atoms with van der Waals surface area (Å²) in [5.41, 5.74) is 5.61. The Balaban J connectivity index is 2.37. The molecule has 0 saturated heterocycles. The zero-order valence-corrected chi connectivity index (χ0v) is 14.5. The van der Waals surface area contributed by atoms with Crippen LogP contribution in [-0.4, -0.2) is 10.6 Å². The van der Waals surface area contributed by atoms with Gasteiger partial charge in [-0.3, -0.25) is 0 Å². The Morgan fingerprint density at radius 1 is 1.14 bits per heavy atom. The van der Waals surface area contributed by atoms with E-state index in [0.29, 0.717) is 6.04 Å². The molecule has 0 amide bonds. The second kappa shape index (κ2) is 6.65. The van der Waals surface area contributed by atoms with Gasteiger partial charge in [-0.1, -0.05) is 40.2 Å². The number of rotatable bonds is 6. The number of hydrogen-bond acceptors (Lipinski definition) is 1. The highest BCUT2D eigenvalue weighted by Crippen LogP contribution is 2.27. The van der Waals surface area contributed by atoms with Gasteiger partial charge < -0.3 is 9.88 Å². The summed E-state index contributed by atoms with van der Waals surface area (Å²) in [7, 11) is 0. The number of fused-ring (bicyclic) bond motifs is 1. The summed E-state index contributed by atoms with van der Waals surface area (Å²) < 4.78 is 2.50. The van der Waals surface area contributed by atoms with Gasteiger partial charge in [0.1, 0.15) is 0 Å². The van der Waals surface area contributed by atoms with Gasteiger partial charge in [-0.15, -0.1) is 0 Å². The van der Waals surface area contributed by atoms with Crippen LogP contribution in [0.3, 0.4) is 0 Å². The highest BCUT2D eigenvalue weighted by Gasteiger charge is 2.13. The maximum absolute atomic E-state index is 3.50. The summed E-state index contributed by atoms with van der Waals surface area (Å²) >= 11 is 0. The molecule has 2 aromatic rings. The first kappa shape index (κ1) is 16.1. The van der Waals surface area contributed by atoms with Gasteiger partial charge in [-0.05, 0) is 43.0 Å². The molecule has 2 heteroatoms. The fourth-order valence-corrected chi connectivity index (χ4v) is 2.80. The van der Waals surface area contributed by atoms with Crippen molar-refractivity contribution in [1.29, 1.82) is 0 Å². The molecule has 1 aromatic heterocycles. The van der Waals surface area contributed by atoms with Crippen molar-refractivity contribution in [3.05, 3.63) is 35.0 Å². The molecule has 0 aliphatic rings. The molecule has 1 atom stereocenters. The van der Waals surface area contributed by atoms with E-state index in [0.717, 1.165) is 19.0 Å². The van der Waals surface area contributed by atoms with E-state index in [1.165, 1.54) is 34.1 Å². The van der Waals surface area contributed by atoms with Crippen molar-refractivity contribution in [2.75, 3.05) is 0 Å². The lowest BCUT2D eigenvalue weighted by molar-refractivity contribution is 0.472. The van der Waals surface area contributed by atoms with Crippen molar-refractivity contribution < 1.29 is 0 Å². The van der Waals surface area contributed by atoms with Crippen LogP contribution in [0.4, 0.5) is 0 Å². The molecule has 1 aromatic carbocycles. The quantitative estimate of drug-likeness (QED) is 0.807.